The third kappa shape index (κ3) is 4.70. The molecule has 1 aromatic heterocycles. The van der Waals surface area contributed by atoms with Gasteiger partial charge in [-0.15, -0.1) is 5.10 Å². The highest BCUT2D eigenvalue weighted by atomic mass is 15.3. The van der Waals surface area contributed by atoms with Crippen LogP contribution in [0.15, 0.2) is 30.5 Å². The lowest BCUT2D eigenvalue weighted by Gasteiger charge is -2.17. The molecule has 112 valence electrons. The molecule has 1 N–H and O–H groups in total. The lowest BCUT2D eigenvalue weighted by molar-refractivity contribution is 0.753. The van der Waals surface area contributed by atoms with Crippen LogP contribution in [0.25, 0.3) is 0 Å². The van der Waals surface area contributed by atoms with Crippen LogP contribution < -0.4 is 10.2 Å². The lowest BCUT2D eigenvalue weighted by Crippen LogP contribution is -2.20. The van der Waals surface area contributed by atoms with Crippen molar-refractivity contribution >= 4 is 11.8 Å². The summed E-state index contributed by atoms with van der Waals surface area (Å²) in [5, 5.41) is 11.3. The van der Waals surface area contributed by atoms with Crippen LogP contribution in [0.2, 0.25) is 0 Å². The summed E-state index contributed by atoms with van der Waals surface area (Å²) in [5.41, 5.74) is 2.46. The van der Waals surface area contributed by atoms with E-state index in [9.17, 15) is 0 Å². The average Bonchev–Trinajstić information content (AvgIpc) is 2.51. The van der Waals surface area contributed by atoms with Crippen molar-refractivity contribution in [1.82, 2.24) is 15.2 Å². The summed E-state index contributed by atoms with van der Waals surface area (Å²) >= 11 is 0. The smallest absolute Gasteiger partial charge is 0.244 e. The summed E-state index contributed by atoms with van der Waals surface area (Å²) < 4.78 is 0. The summed E-state index contributed by atoms with van der Waals surface area (Å²) in [4.78, 5) is 6.61. The molecule has 5 nitrogen and oxygen atoms in total. The van der Waals surface area contributed by atoms with E-state index in [4.69, 9.17) is 0 Å². The first-order chi connectivity index (χ1) is 10.2. The van der Waals surface area contributed by atoms with E-state index in [1.807, 2.05) is 7.05 Å². The SMILES string of the molecule is CCCCN(C)c1cnnc(NCc2cccc(C)c2)n1. The van der Waals surface area contributed by atoms with Crippen LogP contribution >= 0.6 is 0 Å². The molecule has 2 rings (SSSR count). The first kappa shape index (κ1) is 15.2. The Kier molecular flexibility index (Phi) is 5.49. The van der Waals surface area contributed by atoms with Crippen molar-refractivity contribution in [3.8, 4) is 0 Å². The number of benzene rings is 1. The third-order valence-corrected chi connectivity index (χ3v) is 3.32. The van der Waals surface area contributed by atoms with Crippen LogP contribution in [0.3, 0.4) is 0 Å². The molecule has 0 aliphatic carbocycles. The zero-order chi connectivity index (χ0) is 15.1. The van der Waals surface area contributed by atoms with Gasteiger partial charge in [0.1, 0.15) is 0 Å². The molecule has 0 aliphatic rings. The summed E-state index contributed by atoms with van der Waals surface area (Å²) in [6.07, 6.45) is 4.02. The van der Waals surface area contributed by atoms with Gasteiger partial charge in [0.15, 0.2) is 5.82 Å². The van der Waals surface area contributed by atoms with Crippen molar-refractivity contribution in [3.05, 3.63) is 41.6 Å². The van der Waals surface area contributed by atoms with Gasteiger partial charge in [0.05, 0.1) is 6.20 Å². The fraction of sp³-hybridized carbons (Fsp3) is 0.438. The Morgan fingerprint density at radius 2 is 2.14 bits per heavy atom. The molecule has 0 radical (unpaired) electrons. The van der Waals surface area contributed by atoms with Gasteiger partial charge in [-0.05, 0) is 18.9 Å². The first-order valence-electron chi connectivity index (χ1n) is 7.39. The van der Waals surface area contributed by atoms with E-state index >= 15 is 0 Å². The molecule has 0 saturated carbocycles. The molecule has 5 heteroatoms. The number of hydrogen-bond acceptors (Lipinski definition) is 5. The minimum absolute atomic E-state index is 0.567. The molecule has 0 fully saturated rings. The molecule has 2 aromatic rings. The summed E-state index contributed by atoms with van der Waals surface area (Å²) in [6.45, 7) is 5.95. The monoisotopic (exact) mass is 285 g/mol. The van der Waals surface area contributed by atoms with E-state index < -0.39 is 0 Å². The van der Waals surface area contributed by atoms with Crippen LogP contribution in [0.4, 0.5) is 11.8 Å². The highest BCUT2D eigenvalue weighted by molar-refractivity contribution is 5.39. The molecule has 21 heavy (non-hydrogen) atoms. The largest absolute Gasteiger partial charge is 0.358 e. The first-order valence-corrected chi connectivity index (χ1v) is 7.39. The molecule has 0 bridgehead atoms. The topological polar surface area (TPSA) is 53.9 Å². The van der Waals surface area contributed by atoms with Crippen molar-refractivity contribution in [1.29, 1.82) is 0 Å². The van der Waals surface area contributed by atoms with Gasteiger partial charge in [-0.25, -0.2) is 0 Å². The number of rotatable bonds is 7. The van der Waals surface area contributed by atoms with Crippen LogP contribution in [0, 0.1) is 6.92 Å². The van der Waals surface area contributed by atoms with Crippen LogP contribution in [-0.4, -0.2) is 28.8 Å². The predicted octanol–water partition coefficient (Wildman–Crippen LogP) is 3.03. The van der Waals surface area contributed by atoms with Gasteiger partial charge in [0.2, 0.25) is 5.95 Å². The minimum atomic E-state index is 0.567. The van der Waals surface area contributed by atoms with Gasteiger partial charge >= 0.3 is 0 Å². The van der Waals surface area contributed by atoms with Gasteiger partial charge in [-0.2, -0.15) is 10.1 Å². The van der Waals surface area contributed by atoms with Gasteiger partial charge in [0, 0.05) is 20.1 Å². The van der Waals surface area contributed by atoms with E-state index in [0.717, 1.165) is 18.8 Å². The summed E-state index contributed by atoms with van der Waals surface area (Å²) in [5.74, 6) is 1.42. The molecular weight excluding hydrogens is 262 g/mol. The molecular formula is C16H23N5. The Hall–Kier alpha value is -2.17. The van der Waals surface area contributed by atoms with Gasteiger partial charge in [-0.3, -0.25) is 0 Å². The predicted molar refractivity (Wildman–Crippen MR) is 86.5 cm³/mol. The second-order valence-corrected chi connectivity index (χ2v) is 5.26. The Morgan fingerprint density at radius 3 is 2.90 bits per heavy atom. The maximum absolute atomic E-state index is 4.50. The molecule has 0 spiro atoms. The number of anilines is 2. The van der Waals surface area contributed by atoms with E-state index in [1.54, 1.807) is 6.20 Å². The van der Waals surface area contributed by atoms with Gasteiger partial charge in [-0.1, -0.05) is 43.2 Å². The molecule has 0 saturated heterocycles. The van der Waals surface area contributed by atoms with Crippen molar-refractivity contribution in [2.45, 2.75) is 33.2 Å². The van der Waals surface area contributed by atoms with Crippen LogP contribution in [-0.2, 0) is 6.54 Å². The molecule has 1 aromatic carbocycles. The second kappa shape index (κ2) is 7.57. The van der Waals surface area contributed by atoms with Crippen molar-refractivity contribution in [2.24, 2.45) is 0 Å². The zero-order valence-corrected chi connectivity index (χ0v) is 13.0. The van der Waals surface area contributed by atoms with E-state index in [0.29, 0.717) is 12.5 Å². The standard InChI is InChI=1S/C16H23N5/c1-4-5-9-21(3)15-12-18-20-16(19-15)17-11-14-8-6-7-13(2)10-14/h6-8,10,12H,4-5,9,11H2,1-3H3,(H,17,19,20). The third-order valence-electron chi connectivity index (χ3n) is 3.32. The Labute approximate surface area is 126 Å². The highest BCUT2D eigenvalue weighted by Gasteiger charge is 2.05. The Morgan fingerprint density at radius 1 is 1.29 bits per heavy atom. The number of nitrogens with zero attached hydrogens (tertiary/aromatic N) is 4. The number of nitrogens with one attached hydrogen (secondary N) is 1. The highest BCUT2D eigenvalue weighted by Crippen LogP contribution is 2.11. The number of unbranched alkanes of at least 4 members (excludes halogenated alkanes) is 1. The number of hydrogen-bond donors (Lipinski definition) is 1. The maximum atomic E-state index is 4.50. The molecule has 0 atom stereocenters. The van der Waals surface area contributed by atoms with Crippen LogP contribution in [0.5, 0.6) is 0 Å². The molecule has 1 heterocycles. The molecule has 0 aliphatic heterocycles. The van der Waals surface area contributed by atoms with Gasteiger partial charge < -0.3 is 10.2 Å². The molecule has 0 amide bonds. The fourth-order valence-electron chi connectivity index (χ4n) is 2.07. The quantitative estimate of drug-likeness (QED) is 0.847. The maximum Gasteiger partial charge on any atom is 0.244 e. The van der Waals surface area contributed by atoms with E-state index in [1.165, 1.54) is 17.5 Å². The van der Waals surface area contributed by atoms with Gasteiger partial charge in [0.25, 0.3) is 0 Å². The number of aryl methyl sites for hydroxylation is 1. The normalized spacial score (nSPS) is 10.4. The van der Waals surface area contributed by atoms with Crippen molar-refractivity contribution in [2.75, 3.05) is 23.8 Å². The Bertz CT molecular complexity index is 570. The second-order valence-electron chi connectivity index (χ2n) is 5.26. The van der Waals surface area contributed by atoms with Crippen molar-refractivity contribution in [3.63, 3.8) is 0 Å². The van der Waals surface area contributed by atoms with E-state index in [2.05, 4.69) is 63.5 Å². The molecule has 0 unspecified atom stereocenters. The lowest BCUT2D eigenvalue weighted by atomic mass is 10.1. The number of aromatic nitrogens is 3. The zero-order valence-electron chi connectivity index (χ0n) is 13.0. The van der Waals surface area contributed by atoms with Crippen molar-refractivity contribution < 1.29 is 0 Å². The average molecular weight is 285 g/mol. The fourth-order valence-corrected chi connectivity index (χ4v) is 2.07. The minimum Gasteiger partial charge on any atom is -0.358 e. The van der Waals surface area contributed by atoms with Crippen LogP contribution in [0.1, 0.15) is 30.9 Å². The van der Waals surface area contributed by atoms with E-state index in [-0.39, 0.29) is 0 Å². The summed E-state index contributed by atoms with van der Waals surface area (Å²) in [6, 6.07) is 8.38. The summed E-state index contributed by atoms with van der Waals surface area (Å²) in [7, 11) is 2.03. The Balaban J connectivity index is 1.97.